The van der Waals surface area contributed by atoms with E-state index in [0.717, 1.165) is 0 Å². The van der Waals surface area contributed by atoms with Gasteiger partial charge in [-0.3, -0.25) is 4.79 Å². The van der Waals surface area contributed by atoms with Crippen molar-refractivity contribution in [3.05, 3.63) is 12.2 Å². The minimum atomic E-state index is -0.262. The maximum atomic E-state index is 10.9. The van der Waals surface area contributed by atoms with E-state index in [-0.39, 0.29) is 18.5 Å². The lowest BCUT2D eigenvalue weighted by atomic mass is 10.2. The van der Waals surface area contributed by atoms with E-state index in [1.54, 1.807) is 19.9 Å². The lowest BCUT2D eigenvalue weighted by Gasteiger charge is -2.04. The molecule has 0 aromatic carbocycles. The number of esters is 1. The highest BCUT2D eigenvalue weighted by molar-refractivity contribution is 5.73. The summed E-state index contributed by atoms with van der Waals surface area (Å²) in [5.74, 6) is -0.515. The summed E-state index contributed by atoms with van der Waals surface area (Å²) in [5.41, 5.74) is 0. The van der Waals surface area contributed by atoms with Gasteiger partial charge >= 0.3 is 5.97 Å². The first-order valence-corrected chi connectivity index (χ1v) is 3.66. The summed E-state index contributed by atoms with van der Waals surface area (Å²) >= 11 is 0. The van der Waals surface area contributed by atoms with Crippen molar-refractivity contribution in [2.24, 2.45) is 5.92 Å². The van der Waals surface area contributed by atoms with Crippen LogP contribution in [0.2, 0.25) is 0 Å². The van der Waals surface area contributed by atoms with Crippen molar-refractivity contribution in [1.29, 1.82) is 0 Å². The molecule has 0 rings (SSSR count). The lowest BCUT2D eigenvalue weighted by Crippen LogP contribution is -2.12. The zero-order valence-electron chi connectivity index (χ0n) is 6.91. The van der Waals surface area contributed by atoms with Crippen LogP contribution in [0.4, 0.5) is 0 Å². The average molecular weight is 158 g/mol. The molecule has 11 heavy (non-hydrogen) atoms. The average Bonchev–Trinajstić information content (AvgIpc) is 2.00. The van der Waals surface area contributed by atoms with E-state index in [9.17, 15) is 4.79 Å². The first-order chi connectivity index (χ1) is 5.22. The Morgan fingerprint density at radius 1 is 1.73 bits per heavy atom. The topological polar surface area (TPSA) is 46.5 Å². The van der Waals surface area contributed by atoms with E-state index in [4.69, 9.17) is 9.84 Å². The van der Waals surface area contributed by atoms with Crippen LogP contribution in [0.3, 0.4) is 0 Å². The number of rotatable bonds is 4. The monoisotopic (exact) mass is 158 g/mol. The van der Waals surface area contributed by atoms with Gasteiger partial charge in [-0.25, -0.2) is 0 Å². The molecule has 0 aliphatic carbocycles. The van der Waals surface area contributed by atoms with Crippen molar-refractivity contribution < 1.29 is 14.6 Å². The van der Waals surface area contributed by atoms with Crippen molar-refractivity contribution in [3.63, 3.8) is 0 Å². The third-order valence-electron chi connectivity index (χ3n) is 1.19. The third kappa shape index (κ3) is 4.56. The molecule has 0 saturated carbocycles. The zero-order chi connectivity index (χ0) is 8.69. The van der Waals surface area contributed by atoms with Crippen LogP contribution in [-0.4, -0.2) is 24.3 Å². The molecule has 0 heterocycles. The predicted molar refractivity (Wildman–Crippen MR) is 42.0 cm³/mol. The molecule has 0 radical (unpaired) electrons. The number of ether oxygens (including phenoxy) is 1. The number of hydrogen-bond donors (Lipinski definition) is 1. The molecule has 0 aromatic heterocycles. The summed E-state index contributed by atoms with van der Waals surface area (Å²) in [7, 11) is 0. The van der Waals surface area contributed by atoms with E-state index < -0.39 is 0 Å². The van der Waals surface area contributed by atoms with Crippen LogP contribution in [0.25, 0.3) is 0 Å². The first kappa shape index (κ1) is 10.2. The third-order valence-corrected chi connectivity index (χ3v) is 1.19. The van der Waals surface area contributed by atoms with Gasteiger partial charge in [0, 0.05) is 0 Å². The molecule has 0 aliphatic heterocycles. The van der Waals surface area contributed by atoms with Gasteiger partial charge in [-0.1, -0.05) is 12.2 Å². The Bertz CT molecular complexity index is 140. The molecule has 0 amide bonds. The first-order valence-electron chi connectivity index (χ1n) is 3.66. The number of carbonyl (C=O) groups excluding carboxylic acids is 1. The van der Waals surface area contributed by atoms with Crippen LogP contribution >= 0.6 is 0 Å². The Hall–Kier alpha value is -0.830. The lowest BCUT2D eigenvalue weighted by molar-refractivity contribution is -0.145. The van der Waals surface area contributed by atoms with Crippen molar-refractivity contribution in [1.82, 2.24) is 0 Å². The second-order valence-electron chi connectivity index (χ2n) is 2.15. The van der Waals surface area contributed by atoms with Crippen molar-refractivity contribution >= 4 is 5.97 Å². The fraction of sp³-hybridized carbons (Fsp3) is 0.625. The highest BCUT2D eigenvalue weighted by atomic mass is 16.5. The normalized spacial score (nSPS) is 13.4. The van der Waals surface area contributed by atoms with Gasteiger partial charge in [-0.05, 0) is 13.8 Å². The molecule has 1 unspecified atom stereocenters. The summed E-state index contributed by atoms with van der Waals surface area (Å²) < 4.78 is 4.73. The number of aliphatic hydroxyl groups is 1. The van der Waals surface area contributed by atoms with Gasteiger partial charge in [0.1, 0.15) is 0 Å². The second kappa shape index (κ2) is 5.92. The Labute approximate surface area is 66.7 Å². The van der Waals surface area contributed by atoms with Crippen molar-refractivity contribution in [2.45, 2.75) is 13.8 Å². The molecule has 0 bridgehead atoms. The molecule has 3 heteroatoms. The van der Waals surface area contributed by atoms with Gasteiger partial charge in [0.15, 0.2) is 0 Å². The smallest absolute Gasteiger partial charge is 0.312 e. The fourth-order valence-electron chi connectivity index (χ4n) is 0.617. The van der Waals surface area contributed by atoms with Crippen LogP contribution in [0.1, 0.15) is 13.8 Å². The minimum Gasteiger partial charge on any atom is -0.466 e. The van der Waals surface area contributed by atoms with E-state index >= 15 is 0 Å². The van der Waals surface area contributed by atoms with Crippen LogP contribution in [0.15, 0.2) is 12.2 Å². The van der Waals surface area contributed by atoms with Crippen LogP contribution < -0.4 is 0 Å². The summed E-state index contributed by atoms with van der Waals surface area (Å²) in [5, 5.41) is 8.39. The van der Waals surface area contributed by atoms with Gasteiger partial charge in [-0.15, -0.1) is 0 Å². The van der Waals surface area contributed by atoms with Gasteiger partial charge < -0.3 is 9.84 Å². The Morgan fingerprint density at radius 2 is 2.36 bits per heavy atom. The second-order valence-corrected chi connectivity index (χ2v) is 2.15. The zero-order valence-corrected chi connectivity index (χ0v) is 6.91. The van der Waals surface area contributed by atoms with Gasteiger partial charge in [0.25, 0.3) is 0 Å². The maximum Gasteiger partial charge on any atom is 0.312 e. The quantitative estimate of drug-likeness (QED) is 0.484. The van der Waals surface area contributed by atoms with Crippen molar-refractivity contribution in [2.75, 3.05) is 13.2 Å². The molecule has 64 valence electrons. The molecule has 0 spiro atoms. The summed E-state index contributed by atoms with van der Waals surface area (Å²) in [6.45, 7) is 3.85. The number of hydrogen-bond acceptors (Lipinski definition) is 3. The minimum absolute atomic E-state index is 0.0380. The molecule has 1 atom stereocenters. The Morgan fingerprint density at radius 3 is 2.82 bits per heavy atom. The fourth-order valence-corrected chi connectivity index (χ4v) is 0.617. The SMILES string of the molecule is CCOC(=O)C(C)/C=C/CO. The Balaban J connectivity index is 3.72. The van der Waals surface area contributed by atoms with Crippen LogP contribution in [-0.2, 0) is 9.53 Å². The van der Waals surface area contributed by atoms with Gasteiger partial charge in [0.2, 0.25) is 0 Å². The molecule has 3 nitrogen and oxygen atoms in total. The molecule has 1 N–H and O–H groups in total. The highest BCUT2D eigenvalue weighted by Gasteiger charge is 2.08. The Kier molecular flexibility index (Phi) is 5.47. The molecule has 0 fully saturated rings. The van der Waals surface area contributed by atoms with Gasteiger partial charge in [-0.2, -0.15) is 0 Å². The van der Waals surface area contributed by atoms with Gasteiger partial charge in [0.05, 0.1) is 19.1 Å². The van der Waals surface area contributed by atoms with Crippen molar-refractivity contribution in [3.8, 4) is 0 Å². The molecule has 0 aliphatic rings. The number of carbonyl (C=O) groups is 1. The highest BCUT2D eigenvalue weighted by Crippen LogP contribution is 1.99. The molecule has 0 aromatic rings. The van der Waals surface area contributed by atoms with E-state index in [2.05, 4.69) is 0 Å². The summed E-state index contributed by atoms with van der Waals surface area (Å²) in [4.78, 5) is 10.9. The predicted octanol–water partition coefficient (Wildman–Crippen LogP) is 0.734. The van der Waals surface area contributed by atoms with Crippen LogP contribution in [0.5, 0.6) is 0 Å². The maximum absolute atomic E-state index is 10.9. The molecular formula is C8H14O3. The van der Waals surface area contributed by atoms with E-state index in [0.29, 0.717) is 6.61 Å². The van der Waals surface area contributed by atoms with E-state index in [1.807, 2.05) is 0 Å². The van der Waals surface area contributed by atoms with Crippen LogP contribution in [0, 0.1) is 5.92 Å². The molecular weight excluding hydrogens is 144 g/mol. The summed E-state index contributed by atoms with van der Waals surface area (Å²) in [6.07, 6.45) is 3.15. The number of aliphatic hydroxyl groups excluding tert-OH is 1. The molecule has 0 saturated heterocycles. The largest absolute Gasteiger partial charge is 0.466 e. The standard InChI is InChI=1S/C8H14O3/c1-3-11-8(10)7(2)5-4-6-9/h4-5,7,9H,3,6H2,1-2H3/b5-4+. The summed E-state index contributed by atoms with van der Waals surface area (Å²) in [6, 6.07) is 0. The van der Waals surface area contributed by atoms with E-state index in [1.165, 1.54) is 6.08 Å².